The first kappa shape index (κ1) is 8.89. The van der Waals surface area contributed by atoms with Crippen LogP contribution in [-0.4, -0.2) is 23.8 Å². The van der Waals surface area contributed by atoms with Crippen molar-refractivity contribution < 1.29 is 8.42 Å². The van der Waals surface area contributed by atoms with E-state index in [0.29, 0.717) is 0 Å². The molecule has 1 N–H and O–H groups in total. The molecule has 1 aromatic carbocycles. The Hall–Kier alpha value is -1.69. The smallest absolute Gasteiger partial charge is 0.217 e. The summed E-state index contributed by atoms with van der Waals surface area (Å²) in [5.74, 6) is 0. The first-order valence-electron chi connectivity index (χ1n) is 3.87. The van der Waals surface area contributed by atoms with Crippen molar-refractivity contribution in [1.29, 1.82) is 0 Å². The molecule has 72 valence electrons. The first-order chi connectivity index (χ1) is 6.71. The molecule has 0 aliphatic heterocycles. The zero-order valence-corrected chi connectivity index (χ0v) is 7.90. The molecule has 0 bridgehead atoms. The Morgan fingerprint density at radius 1 is 1.14 bits per heavy atom. The maximum absolute atomic E-state index is 11.8. The topological polar surface area (TPSA) is 75.7 Å². The van der Waals surface area contributed by atoms with E-state index in [4.69, 9.17) is 0 Å². The quantitative estimate of drug-likeness (QED) is 0.787. The number of sulfone groups is 1. The standard InChI is InChI=1S/C8H7N3O2S/c12-14(13,8-6-9-11-10-8)7-4-2-1-3-5-7/h1-6H,(H,9,10,11). The van der Waals surface area contributed by atoms with Crippen LogP contribution in [0.1, 0.15) is 0 Å². The molecule has 0 unspecified atom stereocenters. The molecule has 0 saturated heterocycles. The van der Waals surface area contributed by atoms with Gasteiger partial charge in [0.05, 0.1) is 11.1 Å². The number of nitrogens with zero attached hydrogens (tertiary/aromatic N) is 2. The summed E-state index contributed by atoms with van der Waals surface area (Å²) in [6.07, 6.45) is 1.18. The maximum atomic E-state index is 11.8. The highest BCUT2D eigenvalue weighted by atomic mass is 32.2. The number of rotatable bonds is 2. The van der Waals surface area contributed by atoms with Gasteiger partial charge in [-0.05, 0) is 12.1 Å². The predicted molar refractivity (Wildman–Crippen MR) is 48.3 cm³/mol. The molecule has 14 heavy (non-hydrogen) atoms. The first-order valence-corrected chi connectivity index (χ1v) is 5.35. The minimum absolute atomic E-state index is 0.0660. The van der Waals surface area contributed by atoms with E-state index < -0.39 is 9.84 Å². The minimum atomic E-state index is -3.50. The van der Waals surface area contributed by atoms with Crippen molar-refractivity contribution in [3.05, 3.63) is 36.5 Å². The fourth-order valence-electron chi connectivity index (χ4n) is 1.04. The molecule has 5 nitrogen and oxygen atoms in total. The van der Waals surface area contributed by atoms with Gasteiger partial charge < -0.3 is 0 Å². The molecule has 0 radical (unpaired) electrons. The van der Waals surface area contributed by atoms with Gasteiger partial charge in [0, 0.05) is 0 Å². The summed E-state index contributed by atoms with van der Waals surface area (Å²) < 4.78 is 23.5. The monoisotopic (exact) mass is 209 g/mol. The highest BCUT2D eigenvalue weighted by Gasteiger charge is 2.19. The molecule has 6 heteroatoms. The van der Waals surface area contributed by atoms with Crippen LogP contribution < -0.4 is 0 Å². The van der Waals surface area contributed by atoms with E-state index in [2.05, 4.69) is 15.4 Å². The summed E-state index contributed by atoms with van der Waals surface area (Å²) in [7, 11) is -3.50. The molecule has 1 aromatic heterocycles. The Morgan fingerprint density at radius 2 is 1.86 bits per heavy atom. The normalized spacial score (nSPS) is 11.4. The Morgan fingerprint density at radius 3 is 2.43 bits per heavy atom. The number of aromatic nitrogens is 3. The van der Waals surface area contributed by atoms with Crippen molar-refractivity contribution in [1.82, 2.24) is 15.4 Å². The van der Waals surface area contributed by atoms with E-state index in [-0.39, 0.29) is 9.92 Å². The van der Waals surface area contributed by atoms with Crippen molar-refractivity contribution in [2.75, 3.05) is 0 Å². The molecule has 0 atom stereocenters. The van der Waals surface area contributed by atoms with Crippen LogP contribution in [0.25, 0.3) is 0 Å². The van der Waals surface area contributed by atoms with Gasteiger partial charge in [0.15, 0.2) is 0 Å². The van der Waals surface area contributed by atoms with E-state index >= 15 is 0 Å². The molecule has 2 rings (SSSR count). The minimum Gasteiger partial charge on any atom is -0.217 e. The van der Waals surface area contributed by atoms with Gasteiger partial charge in [-0.15, -0.1) is 5.10 Å². The van der Waals surface area contributed by atoms with Gasteiger partial charge in [-0.3, -0.25) is 0 Å². The molecule has 0 fully saturated rings. The van der Waals surface area contributed by atoms with E-state index in [0.717, 1.165) is 0 Å². The van der Waals surface area contributed by atoms with Crippen molar-refractivity contribution in [2.24, 2.45) is 0 Å². The average molecular weight is 209 g/mol. The van der Waals surface area contributed by atoms with Crippen LogP contribution in [-0.2, 0) is 9.84 Å². The molecule has 0 aliphatic carbocycles. The lowest BCUT2D eigenvalue weighted by atomic mass is 10.4. The van der Waals surface area contributed by atoms with Gasteiger partial charge in [-0.2, -0.15) is 10.3 Å². The summed E-state index contributed by atoms with van der Waals surface area (Å²) >= 11 is 0. The van der Waals surface area contributed by atoms with Crippen molar-refractivity contribution in [3.8, 4) is 0 Å². The number of hydrogen-bond acceptors (Lipinski definition) is 4. The number of nitrogens with one attached hydrogen (secondary N) is 1. The van der Waals surface area contributed by atoms with Crippen LogP contribution in [0.4, 0.5) is 0 Å². The van der Waals surface area contributed by atoms with Gasteiger partial charge in [0.2, 0.25) is 14.9 Å². The summed E-state index contributed by atoms with van der Waals surface area (Å²) in [5, 5.41) is 9.20. The number of H-pyrrole nitrogens is 1. The second-order valence-electron chi connectivity index (χ2n) is 2.62. The van der Waals surface area contributed by atoms with Crippen LogP contribution in [0, 0.1) is 0 Å². The maximum Gasteiger partial charge on any atom is 0.227 e. The Balaban J connectivity index is 2.55. The highest BCUT2D eigenvalue weighted by molar-refractivity contribution is 7.91. The number of aromatic amines is 1. The van der Waals surface area contributed by atoms with E-state index in [1.165, 1.54) is 18.3 Å². The third-order valence-electron chi connectivity index (χ3n) is 1.72. The second kappa shape index (κ2) is 3.22. The lowest BCUT2D eigenvalue weighted by molar-refractivity contribution is 0.592. The zero-order valence-electron chi connectivity index (χ0n) is 7.08. The molecule has 1 heterocycles. The van der Waals surface area contributed by atoms with Gasteiger partial charge in [-0.1, -0.05) is 18.2 Å². The Bertz CT molecular complexity index is 505. The summed E-state index contributed by atoms with van der Waals surface area (Å²) in [5.41, 5.74) is 0. The van der Waals surface area contributed by atoms with E-state index in [9.17, 15) is 8.42 Å². The molecule has 0 saturated carbocycles. The third-order valence-corrected chi connectivity index (χ3v) is 3.36. The van der Waals surface area contributed by atoms with Crippen LogP contribution in [0.15, 0.2) is 46.5 Å². The fourth-order valence-corrected chi connectivity index (χ4v) is 2.15. The molecular weight excluding hydrogens is 202 g/mol. The Labute approximate surface area is 80.7 Å². The second-order valence-corrected chi connectivity index (χ2v) is 4.52. The lowest BCUT2D eigenvalue weighted by Gasteiger charge is -1.98. The molecule has 0 spiro atoms. The molecule has 0 aliphatic rings. The fraction of sp³-hybridized carbons (Fsp3) is 0. The van der Waals surface area contributed by atoms with Crippen molar-refractivity contribution in [3.63, 3.8) is 0 Å². The molecular formula is C8H7N3O2S. The number of benzene rings is 1. The number of hydrogen-bond donors (Lipinski definition) is 1. The molecule has 2 aromatic rings. The van der Waals surface area contributed by atoms with Gasteiger partial charge in [-0.25, -0.2) is 8.42 Å². The third kappa shape index (κ3) is 1.39. The summed E-state index contributed by atoms with van der Waals surface area (Å²) in [6, 6.07) is 8.11. The van der Waals surface area contributed by atoms with Crippen molar-refractivity contribution in [2.45, 2.75) is 9.92 Å². The largest absolute Gasteiger partial charge is 0.227 e. The lowest BCUT2D eigenvalue weighted by Crippen LogP contribution is -2.01. The average Bonchev–Trinajstić information content (AvgIpc) is 2.72. The van der Waals surface area contributed by atoms with Crippen LogP contribution in [0.2, 0.25) is 0 Å². The van der Waals surface area contributed by atoms with Gasteiger partial charge in [0.1, 0.15) is 0 Å². The summed E-state index contributed by atoms with van der Waals surface area (Å²) in [6.45, 7) is 0. The van der Waals surface area contributed by atoms with Crippen LogP contribution >= 0.6 is 0 Å². The zero-order chi connectivity index (χ0) is 10.0. The molecule has 0 amide bonds. The summed E-state index contributed by atoms with van der Waals surface area (Å²) in [4.78, 5) is 0.217. The predicted octanol–water partition coefficient (Wildman–Crippen LogP) is 0.638. The highest BCUT2D eigenvalue weighted by Crippen LogP contribution is 2.16. The van der Waals surface area contributed by atoms with Gasteiger partial charge >= 0.3 is 0 Å². The van der Waals surface area contributed by atoms with Gasteiger partial charge in [0.25, 0.3) is 0 Å². The van der Waals surface area contributed by atoms with E-state index in [1.54, 1.807) is 18.2 Å². The Kier molecular flexibility index (Phi) is 2.05. The van der Waals surface area contributed by atoms with Crippen LogP contribution in [0.5, 0.6) is 0 Å². The SMILES string of the molecule is O=S(=O)(c1ccccc1)c1cn[nH]n1. The van der Waals surface area contributed by atoms with Crippen molar-refractivity contribution >= 4 is 9.84 Å². The van der Waals surface area contributed by atoms with Crippen LogP contribution in [0.3, 0.4) is 0 Å². The van der Waals surface area contributed by atoms with E-state index in [1.807, 2.05) is 0 Å².